The lowest BCUT2D eigenvalue weighted by molar-refractivity contribution is 0.594. The van der Waals surface area contributed by atoms with Gasteiger partial charge in [-0.2, -0.15) is 0 Å². The minimum atomic E-state index is -4.12. The van der Waals surface area contributed by atoms with Crippen molar-refractivity contribution >= 4 is 92.8 Å². The molecule has 0 aliphatic carbocycles. The highest BCUT2D eigenvalue weighted by Crippen LogP contribution is 2.45. The van der Waals surface area contributed by atoms with Gasteiger partial charge in [0.05, 0.1) is 35.1 Å². The number of H-pyrrole nitrogens is 1. The summed E-state index contributed by atoms with van der Waals surface area (Å²) in [7, 11) is -12.3. The van der Waals surface area contributed by atoms with Crippen LogP contribution in [0.1, 0.15) is 20.8 Å². The van der Waals surface area contributed by atoms with Crippen molar-refractivity contribution in [2.24, 2.45) is 0 Å². The maximum Gasteiger partial charge on any atom is 0.207 e. The molecule has 84 heavy (non-hydrogen) atoms. The first kappa shape index (κ1) is 57.8. The number of nitrogen functional groups attached to an aromatic ring is 3. The number of hydrogen-bond acceptors (Lipinski definition) is 12. The summed E-state index contributed by atoms with van der Waals surface area (Å²) in [5.41, 5.74) is 28.6. The van der Waals surface area contributed by atoms with Gasteiger partial charge in [0, 0.05) is 64.9 Å². The lowest BCUT2D eigenvalue weighted by atomic mass is 9.93. The summed E-state index contributed by atoms with van der Waals surface area (Å²) in [4.78, 5) is 7.44. The second-order valence-electron chi connectivity index (χ2n) is 19.8. The summed E-state index contributed by atoms with van der Waals surface area (Å²) in [6.45, 7) is 6.23. The molecular formula is C68H58N4O6S6. The summed E-state index contributed by atoms with van der Waals surface area (Å²) in [6.07, 6.45) is 0. The third kappa shape index (κ3) is 11.4. The standard InChI is InChI=1S/C68H58N4O6S6/c1-4-79-52-25-10-44(11-26-52)59-40-49(69)22-37-63(59)82(73,74)55-31-16-43(17-32-55)58-8-7-9-62-67(58)66(47-18-33-56(34-19-47)83(75,76)64-38-23-50(70)41-60(64)45-12-27-53(28-13-45)80-5-2)68(72-62)48-20-35-57(36-21-48)84(77,78)65-39-24-51(71)42-61(65)46-14-29-54(30-15-46)81-6-3/h7-42,72H,4-6,69-71H2,1-3H3. The molecule has 0 unspecified atom stereocenters. The second-order valence-corrected chi connectivity index (χ2v) is 29.6. The predicted octanol–water partition coefficient (Wildman–Crippen LogP) is 16.8. The van der Waals surface area contributed by atoms with Crippen molar-refractivity contribution in [3.05, 3.63) is 218 Å². The van der Waals surface area contributed by atoms with Gasteiger partial charge in [-0.3, -0.25) is 0 Å². The molecule has 1 heterocycles. The van der Waals surface area contributed by atoms with Crippen LogP contribution in [-0.4, -0.2) is 47.5 Å². The molecule has 0 amide bonds. The van der Waals surface area contributed by atoms with Crippen molar-refractivity contribution < 1.29 is 25.3 Å². The van der Waals surface area contributed by atoms with E-state index in [1.807, 2.05) is 91.0 Å². The third-order valence-electron chi connectivity index (χ3n) is 14.5. The van der Waals surface area contributed by atoms with E-state index in [0.29, 0.717) is 67.3 Å². The molecule has 11 aromatic rings. The molecule has 0 atom stereocenters. The van der Waals surface area contributed by atoms with Crippen LogP contribution in [-0.2, 0) is 29.5 Å². The maximum atomic E-state index is 14.8. The molecule has 1 aromatic heterocycles. The van der Waals surface area contributed by atoms with Gasteiger partial charge in [-0.25, -0.2) is 25.3 Å². The molecule has 11 rings (SSSR count). The van der Waals surface area contributed by atoms with Crippen LogP contribution in [0.5, 0.6) is 0 Å². The maximum absolute atomic E-state index is 14.8. The van der Waals surface area contributed by atoms with Gasteiger partial charge in [0.15, 0.2) is 0 Å². The van der Waals surface area contributed by atoms with Crippen LogP contribution in [0.15, 0.2) is 262 Å². The molecular weight excluding hydrogens is 1160 g/mol. The van der Waals surface area contributed by atoms with Crippen molar-refractivity contribution in [2.75, 3.05) is 34.5 Å². The summed E-state index contributed by atoms with van der Waals surface area (Å²) < 4.78 is 88.3. The fraction of sp³-hybridized carbons (Fsp3) is 0.0882. The largest absolute Gasteiger partial charge is 0.399 e. The van der Waals surface area contributed by atoms with Crippen molar-refractivity contribution in [3.63, 3.8) is 0 Å². The average molecular weight is 1220 g/mol. The van der Waals surface area contributed by atoms with Crippen molar-refractivity contribution in [2.45, 2.75) is 64.8 Å². The van der Waals surface area contributed by atoms with E-state index in [9.17, 15) is 25.3 Å². The third-order valence-corrected chi connectivity index (χ3v) is 22.7. The average Bonchev–Trinajstić information content (AvgIpc) is 2.99. The van der Waals surface area contributed by atoms with E-state index in [1.54, 1.807) is 163 Å². The van der Waals surface area contributed by atoms with Crippen LogP contribution in [0, 0.1) is 0 Å². The summed E-state index contributed by atoms with van der Waals surface area (Å²) >= 11 is 5.09. The fourth-order valence-electron chi connectivity index (χ4n) is 10.5. The van der Waals surface area contributed by atoms with E-state index in [0.717, 1.165) is 59.5 Å². The number of nitrogens with two attached hydrogens (primary N) is 3. The van der Waals surface area contributed by atoms with Crippen molar-refractivity contribution in [1.29, 1.82) is 0 Å². The summed E-state index contributed by atoms with van der Waals surface area (Å²) in [5, 5.41) is 0.765. The Morgan fingerprint density at radius 3 is 1.00 bits per heavy atom. The van der Waals surface area contributed by atoms with Gasteiger partial charge in [-0.15, -0.1) is 35.3 Å². The summed E-state index contributed by atoms with van der Waals surface area (Å²) in [6, 6.07) is 63.8. The Kier molecular flexibility index (Phi) is 16.5. The van der Waals surface area contributed by atoms with E-state index >= 15 is 0 Å². The van der Waals surface area contributed by atoms with Crippen LogP contribution in [0.2, 0.25) is 0 Å². The number of thioether (sulfide) groups is 3. The lowest BCUT2D eigenvalue weighted by Crippen LogP contribution is -2.05. The number of aromatic nitrogens is 1. The first-order valence-electron chi connectivity index (χ1n) is 27.1. The first-order chi connectivity index (χ1) is 40.5. The van der Waals surface area contributed by atoms with E-state index in [1.165, 1.54) is 0 Å². The molecule has 0 saturated carbocycles. The number of hydrogen-bond donors (Lipinski definition) is 4. The molecule has 7 N–H and O–H groups in total. The van der Waals surface area contributed by atoms with Crippen LogP contribution >= 0.6 is 35.3 Å². The van der Waals surface area contributed by atoms with Gasteiger partial charge < -0.3 is 22.2 Å². The van der Waals surface area contributed by atoms with E-state index in [2.05, 4.69) is 25.8 Å². The Morgan fingerprint density at radius 1 is 0.345 bits per heavy atom. The summed E-state index contributed by atoms with van der Waals surface area (Å²) in [5.74, 6) is 2.70. The molecule has 0 aliphatic heterocycles. The number of anilines is 3. The van der Waals surface area contributed by atoms with Gasteiger partial charge in [-0.1, -0.05) is 106 Å². The van der Waals surface area contributed by atoms with Crippen molar-refractivity contribution in [3.8, 4) is 66.9 Å². The van der Waals surface area contributed by atoms with Crippen LogP contribution in [0.3, 0.4) is 0 Å². The number of nitrogens with one attached hydrogen (secondary N) is 1. The van der Waals surface area contributed by atoms with Crippen molar-refractivity contribution in [1.82, 2.24) is 4.98 Å². The molecule has 0 saturated heterocycles. The van der Waals surface area contributed by atoms with Crippen LogP contribution < -0.4 is 17.2 Å². The minimum absolute atomic E-state index is 0.0676. The molecule has 0 aliphatic rings. The molecule has 0 fully saturated rings. The highest BCUT2D eigenvalue weighted by molar-refractivity contribution is 7.99. The SMILES string of the molecule is CCSc1ccc(-c2cc(N)ccc2S(=O)(=O)c2ccc(-c3[nH]c4cccc(-c5ccc(S(=O)(=O)c6ccc(N)cc6-c6ccc(SCC)cc6)cc5)c4c3-c3ccc(S(=O)(=O)c4ccc(N)cc4-c4ccc(SCC)cc4)cc3)cc2)cc1. The fourth-order valence-corrected chi connectivity index (χ4v) is 16.9. The van der Waals surface area contributed by atoms with Gasteiger partial charge >= 0.3 is 0 Å². The Labute approximate surface area is 503 Å². The zero-order valence-corrected chi connectivity index (χ0v) is 50.9. The normalized spacial score (nSPS) is 12.0. The predicted molar refractivity (Wildman–Crippen MR) is 349 cm³/mol. The quantitative estimate of drug-likeness (QED) is 0.0469. The minimum Gasteiger partial charge on any atom is -0.399 e. The highest BCUT2D eigenvalue weighted by Gasteiger charge is 2.28. The highest BCUT2D eigenvalue weighted by atomic mass is 32.2. The topological polar surface area (TPSA) is 196 Å². The first-order valence-corrected chi connectivity index (χ1v) is 34.5. The van der Waals surface area contributed by atoms with Crippen LogP contribution in [0.4, 0.5) is 17.1 Å². The number of fused-ring (bicyclic) bond motifs is 1. The smallest absolute Gasteiger partial charge is 0.207 e. The number of benzene rings is 10. The molecule has 16 heteroatoms. The van der Waals surface area contributed by atoms with Crippen LogP contribution in [0.25, 0.3) is 77.8 Å². The Hall–Kier alpha value is -7.96. The van der Waals surface area contributed by atoms with E-state index in [4.69, 9.17) is 17.2 Å². The molecule has 0 radical (unpaired) electrons. The van der Waals surface area contributed by atoms with Gasteiger partial charge in [0.25, 0.3) is 0 Å². The Morgan fingerprint density at radius 2 is 0.655 bits per heavy atom. The monoisotopic (exact) mass is 1220 g/mol. The molecule has 0 bridgehead atoms. The van der Waals surface area contributed by atoms with E-state index < -0.39 is 29.5 Å². The molecule has 10 nitrogen and oxygen atoms in total. The lowest BCUT2D eigenvalue weighted by Gasteiger charge is -2.14. The number of sulfone groups is 3. The Balaban J connectivity index is 1.01. The zero-order valence-electron chi connectivity index (χ0n) is 46.0. The molecule has 10 aromatic carbocycles. The number of rotatable bonds is 18. The zero-order chi connectivity index (χ0) is 58.9. The molecule has 422 valence electrons. The Bertz CT molecular complexity index is 4610. The van der Waals surface area contributed by atoms with E-state index in [-0.39, 0.29) is 29.4 Å². The van der Waals surface area contributed by atoms with Gasteiger partial charge in [0.2, 0.25) is 29.5 Å². The molecule has 0 spiro atoms. The van der Waals surface area contributed by atoms with Gasteiger partial charge in [-0.05, 0) is 190 Å². The second kappa shape index (κ2) is 24.0. The number of aromatic amines is 1. The van der Waals surface area contributed by atoms with Gasteiger partial charge in [0.1, 0.15) is 0 Å².